The molecule has 149 valence electrons. The number of benzene rings is 3. The van der Waals surface area contributed by atoms with E-state index in [9.17, 15) is 9.18 Å². The molecule has 0 saturated carbocycles. The molecule has 0 fully saturated rings. The molecule has 0 bridgehead atoms. The van der Waals surface area contributed by atoms with E-state index in [0.29, 0.717) is 11.3 Å². The molecule has 3 nitrogen and oxygen atoms in total. The van der Waals surface area contributed by atoms with Crippen molar-refractivity contribution in [2.24, 2.45) is 5.92 Å². The third-order valence-electron chi connectivity index (χ3n) is 4.96. The molecule has 4 heteroatoms. The molecule has 1 aliphatic heterocycles. The maximum Gasteiger partial charge on any atom is 0.258 e. The first-order valence-corrected chi connectivity index (χ1v) is 9.93. The number of carbonyl (C=O) groups is 1. The van der Waals surface area contributed by atoms with Crippen molar-refractivity contribution in [3.05, 3.63) is 113 Å². The van der Waals surface area contributed by atoms with Gasteiger partial charge in [0.15, 0.2) is 0 Å². The minimum atomic E-state index is -0.308. The zero-order valence-corrected chi connectivity index (χ0v) is 16.9. The van der Waals surface area contributed by atoms with Crippen LogP contribution in [0.3, 0.4) is 0 Å². The van der Waals surface area contributed by atoms with Gasteiger partial charge >= 0.3 is 0 Å². The van der Waals surface area contributed by atoms with E-state index in [1.54, 1.807) is 12.1 Å². The first-order chi connectivity index (χ1) is 14.5. The van der Waals surface area contributed by atoms with Crippen LogP contribution >= 0.6 is 0 Å². The van der Waals surface area contributed by atoms with Crippen LogP contribution in [-0.2, 0) is 4.79 Å². The Balaban J connectivity index is 1.86. The molecular formula is C26H22FN2O. The summed E-state index contributed by atoms with van der Waals surface area (Å²) in [6.07, 6.45) is 0. The quantitative estimate of drug-likeness (QED) is 0.576. The highest BCUT2D eigenvalue weighted by atomic mass is 19.1. The van der Waals surface area contributed by atoms with Gasteiger partial charge in [-0.15, -0.1) is 0 Å². The second kappa shape index (κ2) is 8.37. The molecule has 1 heterocycles. The minimum Gasteiger partial charge on any atom is -0.322 e. The Morgan fingerprint density at radius 3 is 2.03 bits per heavy atom. The predicted molar refractivity (Wildman–Crippen MR) is 119 cm³/mol. The van der Waals surface area contributed by atoms with E-state index in [2.05, 4.69) is 5.32 Å². The maximum absolute atomic E-state index is 13.5. The van der Waals surface area contributed by atoms with E-state index in [4.69, 9.17) is 5.32 Å². The van der Waals surface area contributed by atoms with Gasteiger partial charge in [0, 0.05) is 16.8 Å². The van der Waals surface area contributed by atoms with Crippen LogP contribution in [0.15, 0.2) is 96.2 Å². The number of carbonyl (C=O) groups excluding carboxylic acids is 1. The molecule has 0 unspecified atom stereocenters. The van der Waals surface area contributed by atoms with Gasteiger partial charge < -0.3 is 5.32 Å². The minimum absolute atomic E-state index is 0.0400. The number of para-hydroxylation sites is 1. The smallest absolute Gasteiger partial charge is 0.258 e. The van der Waals surface area contributed by atoms with Crippen LogP contribution in [0.1, 0.15) is 25.0 Å². The monoisotopic (exact) mass is 397 g/mol. The summed E-state index contributed by atoms with van der Waals surface area (Å²) in [6, 6.07) is 25.3. The fourth-order valence-electron chi connectivity index (χ4n) is 3.54. The Kier molecular flexibility index (Phi) is 5.48. The van der Waals surface area contributed by atoms with Gasteiger partial charge in [0.05, 0.1) is 17.0 Å². The van der Waals surface area contributed by atoms with Gasteiger partial charge in [-0.3, -0.25) is 10.1 Å². The second-order valence-corrected chi connectivity index (χ2v) is 7.44. The molecule has 30 heavy (non-hydrogen) atoms. The van der Waals surface area contributed by atoms with E-state index in [1.807, 2.05) is 74.5 Å². The number of nitrogens with one attached hydrogen (secondary N) is 1. The van der Waals surface area contributed by atoms with Crippen LogP contribution in [0, 0.1) is 11.7 Å². The normalized spacial score (nSPS) is 13.6. The lowest BCUT2D eigenvalue weighted by Gasteiger charge is -2.13. The number of rotatable bonds is 5. The Hall–Kier alpha value is -3.66. The molecular weight excluding hydrogens is 375 g/mol. The molecule has 1 amide bonds. The number of nitrogens with zero attached hydrogens (tertiary/aromatic N) is 1. The zero-order chi connectivity index (χ0) is 21.1. The molecule has 0 saturated heterocycles. The summed E-state index contributed by atoms with van der Waals surface area (Å²) in [7, 11) is 0. The molecule has 1 N–H and O–H groups in total. The highest BCUT2D eigenvalue weighted by molar-refractivity contribution is 6.21. The van der Waals surface area contributed by atoms with E-state index < -0.39 is 0 Å². The third kappa shape index (κ3) is 3.90. The molecule has 1 radical (unpaired) electrons. The number of hydrogen-bond acceptors (Lipinski definition) is 1. The van der Waals surface area contributed by atoms with E-state index in [-0.39, 0.29) is 17.6 Å². The molecule has 0 spiro atoms. The molecule has 1 aliphatic rings. The summed E-state index contributed by atoms with van der Waals surface area (Å²) in [6.45, 7) is 4.04. The largest absolute Gasteiger partial charge is 0.322 e. The standard InChI is InChI=1S/C26H22FN2O/c1-17(2)24-23(26(30)28-21-11-7-4-8-12-21)22(18-9-5-3-6-10-18)25(29-24)19-13-15-20(27)16-14-19/h3-17H,1-2H3,(H,28,30). The predicted octanol–water partition coefficient (Wildman–Crippen LogP) is 5.86. The Morgan fingerprint density at radius 2 is 1.43 bits per heavy atom. The van der Waals surface area contributed by atoms with Gasteiger partial charge in [-0.05, 0) is 47.9 Å². The molecule has 3 aromatic rings. The first kappa shape index (κ1) is 19.6. The molecule has 0 atom stereocenters. The van der Waals surface area contributed by atoms with Crippen molar-refractivity contribution in [3.63, 3.8) is 0 Å². The van der Waals surface area contributed by atoms with Crippen LogP contribution in [0.25, 0.3) is 11.3 Å². The summed E-state index contributed by atoms with van der Waals surface area (Å²) < 4.78 is 13.5. The summed E-state index contributed by atoms with van der Waals surface area (Å²) >= 11 is 0. The Morgan fingerprint density at radius 1 is 0.833 bits per heavy atom. The SMILES string of the molecule is CC(C)C1=C(C(=O)Nc2ccccc2)C(c2ccccc2)=C(c2ccc(F)cc2)[N]1. The van der Waals surface area contributed by atoms with Crippen molar-refractivity contribution in [1.82, 2.24) is 5.32 Å². The summed E-state index contributed by atoms with van der Waals surface area (Å²) in [5.74, 6) is -0.472. The lowest BCUT2D eigenvalue weighted by Crippen LogP contribution is -2.18. The van der Waals surface area contributed by atoms with Crippen LogP contribution in [-0.4, -0.2) is 5.91 Å². The number of hydrogen-bond donors (Lipinski definition) is 1. The van der Waals surface area contributed by atoms with Gasteiger partial charge in [-0.25, -0.2) is 4.39 Å². The van der Waals surface area contributed by atoms with E-state index >= 15 is 0 Å². The van der Waals surface area contributed by atoms with Crippen molar-refractivity contribution >= 4 is 22.9 Å². The second-order valence-electron chi connectivity index (χ2n) is 7.44. The van der Waals surface area contributed by atoms with Gasteiger partial charge in [0.25, 0.3) is 5.91 Å². The van der Waals surface area contributed by atoms with Crippen LogP contribution in [0.4, 0.5) is 10.1 Å². The van der Waals surface area contributed by atoms with Crippen LogP contribution in [0.5, 0.6) is 0 Å². The maximum atomic E-state index is 13.5. The van der Waals surface area contributed by atoms with Crippen molar-refractivity contribution in [2.75, 3.05) is 5.32 Å². The summed E-state index contributed by atoms with van der Waals surface area (Å²) in [5, 5.41) is 7.86. The lowest BCUT2D eigenvalue weighted by atomic mass is 9.92. The van der Waals surface area contributed by atoms with Crippen LogP contribution in [0.2, 0.25) is 0 Å². The summed E-state index contributed by atoms with van der Waals surface area (Å²) in [4.78, 5) is 13.4. The molecule has 0 aliphatic carbocycles. The zero-order valence-electron chi connectivity index (χ0n) is 16.9. The van der Waals surface area contributed by atoms with E-state index in [1.165, 1.54) is 12.1 Å². The fraction of sp³-hybridized carbons (Fsp3) is 0.115. The topological polar surface area (TPSA) is 43.2 Å². The number of amides is 1. The average Bonchev–Trinajstić information content (AvgIpc) is 3.17. The molecule has 0 aromatic heterocycles. The first-order valence-electron chi connectivity index (χ1n) is 9.93. The van der Waals surface area contributed by atoms with Gasteiger partial charge in [-0.1, -0.05) is 62.4 Å². The van der Waals surface area contributed by atoms with Crippen molar-refractivity contribution in [2.45, 2.75) is 13.8 Å². The van der Waals surface area contributed by atoms with Crippen molar-refractivity contribution in [1.29, 1.82) is 0 Å². The number of anilines is 1. The third-order valence-corrected chi connectivity index (χ3v) is 4.96. The van der Waals surface area contributed by atoms with Gasteiger partial charge in [0.1, 0.15) is 5.82 Å². The van der Waals surface area contributed by atoms with Crippen molar-refractivity contribution in [3.8, 4) is 0 Å². The fourth-order valence-corrected chi connectivity index (χ4v) is 3.54. The highest BCUT2D eigenvalue weighted by Crippen LogP contribution is 2.41. The van der Waals surface area contributed by atoms with Gasteiger partial charge in [0.2, 0.25) is 0 Å². The molecule has 4 rings (SSSR count). The van der Waals surface area contributed by atoms with Crippen molar-refractivity contribution < 1.29 is 9.18 Å². The van der Waals surface area contributed by atoms with Crippen LogP contribution < -0.4 is 10.6 Å². The highest BCUT2D eigenvalue weighted by Gasteiger charge is 2.33. The number of halogens is 1. The van der Waals surface area contributed by atoms with E-state index in [0.717, 1.165) is 28.1 Å². The average molecular weight is 397 g/mol. The lowest BCUT2D eigenvalue weighted by molar-refractivity contribution is -0.112. The molecule has 3 aromatic carbocycles. The Bertz CT molecular complexity index is 1110. The van der Waals surface area contributed by atoms with Gasteiger partial charge in [-0.2, -0.15) is 0 Å². The Labute approximate surface area is 176 Å². The summed E-state index contributed by atoms with van der Waals surface area (Å²) in [5.41, 5.74) is 5.12. The number of allylic oxidation sites excluding steroid dienone is 1.